The van der Waals surface area contributed by atoms with E-state index in [1.807, 2.05) is 11.8 Å². The molecule has 0 amide bonds. The van der Waals surface area contributed by atoms with Gasteiger partial charge in [0.25, 0.3) is 0 Å². The van der Waals surface area contributed by atoms with Crippen LogP contribution in [-0.2, 0) is 0 Å². The van der Waals surface area contributed by atoms with Crippen LogP contribution in [0.25, 0.3) is 0 Å². The van der Waals surface area contributed by atoms with Crippen molar-refractivity contribution in [3.63, 3.8) is 0 Å². The number of hydrogen-bond donors (Lipinski definition) is 1. The lowest BCUT2D eigenvalue weighted by Gasteiger charge is -2.13. The van der Waals surface area contributed by atoms with Gasteiger partial charge in [-0.15, -0.1) is 0 Å². The second-order valence-electron chi connectivity index (χ2n) is 3.64. The standard InChI is InChI=1S/C13H21NS/c1-3-15-11-7-10-14-12(2)13-8-5-4-6-9-13/h4-6,8-9,12,14H,3,7,10-11H2,1-2H3/t12-/m1/s1. The Balaban J connectivity index is 2.16. The van der Waals surface area contributed by atoms with Crippen LogP contribution >= 0.6 is 11.8 Å². The van der Waals surface area contributed by atoms with Crippen LogP contribution in [-0.4, -0.2) is 18.1 Å². The lowest BCUT2D eigenvalue weighted by Crippen LogP contribution is -2.20. The molecule has 1 aromatic carbocycles. The second-order valence-corrected chi connectivity index (χ2v) is 5.03. The average Bonchev–Trinajstić information content (AvgIpc) is 2.30. The van der Waals surface area contributed by atoms with E-state index in [4.69, 9.17) is 0 Å². The summed E-state index contributed by atoms with van der Waals surface area (Å²) in [5.74, 6) is 2.50. The maximum atomic E-state index is 3.54. The third-order valence-electron chi connectivity index (χ3n) is 2.42. The zero-order valence-electron chi connectivity index (χ0n) is 9.70. The van der Waals surface area contributed by atoms with Crippen molar-refractivity contribution in [3.8, 4) is 0 Å². The van der Waals surface area contributed by atoms with E-state index in [9.17, 15) is 0 Å². The fraction of sp³-hybridized carbons (Fsp3) is 0.538. The minimum absolute atomic E-state index is 0.470. The molecule has 0 spiro atoms. The third-order valence-corrected chi connectivity index (χ3v) is 3.41. The van der Waals surface area contributed by atoms with Crippen molar-refractivity contribution < 1.29 is 0 Å². The summed E-state index contributed by atoms with van der Waals surface area (Å²) in [6.07, 6.45) is 1.26. The largest absolute Gasteiger partial charge is 0.310 e. The van der Waals surface area contributed by atoms with E-state index in [0.717, 1.165) is 6.54 Å². The van der Waals surface area contributed by atoms with E-state index >= 15 is 0 Å². The minimum Gasteiger partial charge on any atom is -0.310 e. The Kier molecular flexibility index (Phi) is 6.53. The number of thioether (sulfide) groups is 1. The summed E-state index contributed by atoms with van der Waals surface area (Å²) in [4.78, 5) is 0. The van der Waals surface area contributed by atoms with Gasteiger partial charge in [-0.05, 0) is 37.0 Å². The molecule has 0 radical (unpaired) electrons. The summed E-state index contributed by atoms with van der Waals surface area (Å²) >= 11 is 2.02. The molecule has 1 atom stereocenters. The molecule has 0 fully saturated rings. The monoisotopic (exact) mass is 223 g/mol. The van der Waals surface area contributed by atoms with Gasteiger partial charge in [0.1, 0.15) is 0 Å². The third kappa shape index (κ3) is 5.24. The van der Waals surface area contributed by atoms with Crippen molar-refractivity contribution in [2.75, 3.05) is 18.1 Å². The first-order valence-electron chi connectivity index (χ1n) is 5.70. The molecule has 0 aromatic heterocycles. The molecule has 1 nitrogen and oxygen atoms in total. The van der Waals surface area contributed by atoms with Gasteiger partial charge in [-0.3, -0.25) is 0 Å². The second kappa shape index (κ2) is 7.77. The molecule has 0 aliphatic carbocycles. The van der Waals surface area contributed by atoms with Gasteiger partial charge in [0.15, 0.2) is 0 Å². The van der Waals surface area contributed by atoms with Crippen LogP contribution in [0.15, 0.2) is 30.3 Å². The van der Waals surface area contributed by atoms with Crippen LogP contribution in [0.2, 0.25) is 0 Å². The summed E-state index contributed by atoms with van der Waals surface area (Å²) in [7, 11) is 0. The lowest BCUT2D eigenvalue weighted by atomic mass is 10.1. The minimum atomic E-state index is 0.470. The first-order chi connectivity index (χ1) is 7.34. The molecule has 1 N–H and O–H groups in total. The van der Waals surface area contributed by atoms with Crippen LogP contribution in [0, 0.1) is 0 Å². The predicted molar refractivity (Wildman–Crippen MR) is 70.5 cm³/mol. The maximum Gasteiger partial charge on any atom is 0.0291 e. The molecular weight excluding hydrogens is 202 g/mol. The molecule has 0 bridgehead atoms. The van der Waals surface area contributed by atoms with Crippen molar-refractivity contribution >= 4 is 11.8 Å². The van der Waals surface area contributed by atoms with Crippen molar-refractivity contribution in [1.82, 2.24) is 5.32 Å². The van der Waals surface area contributed by atoms with Crippen LogP contribution in [0.5, 0.6) is 0 Å². The topological polar surface area (TPSA) is 12.0 Å². The summed E-state index contributed by atoms with van der Waals surface area (Å²) in [5, 5.41) is 3.54. The van der Waals surface area contributed by atoms with Gasteiger partial charge in [0, 0.05) is 6.04 Å². The van der Waals surface area contributed by atoms with E-state index in [0.29, 0.717) is 6.04 Å². The number of hydrogen-bond acceptors (Lipinski definition) is 2. The molecule has 0 aliphatic rings. The number of rotatable bonds is 7. The smallest absolute Gasteiger partial charge is 0.0291 e. The van der Waals surface area contributed by atoms with Gasteiger partial charge < -0.3 is 5.32 Å². The maximum absolute atomic E-state index is 3.54. The number of nitrogens with one attached hydrogen (secondary N) is 1. The molecule has 84 valence electrons. The Hall–Kier alpha value is -0.470. The highest BCUT2D eigenvalue weighted by molar-refractivity contribution is 7.99. The zero-order chi connectivity index (χ0) is 10.9. The van der Waals surface area contributed by atoms with Gasteiger partial charge in [0.05, 0.1) is 0 Å². The molecule has 0 heterocycles. The summed E-state index contributed by atoms with van der Waals surface area (Å²) in [6.45, 7) is 5.55. The Morgan fingerprint density at radius 2 is 2.00 bits per heavy atom. The first kappa shape index (κ1) is 12.6. The Labute approximate surface area is 97.7 Å². The zero-order valence-corrected chi connectivity index (χ0v) is 10.5. The highest BCUT2D eigenvalue weighted by Gasteiger charge is 2.02. The van der Waals surface area contributed by atoms with E-state index in [2.05, 4.69) is 49.5 Å². The summed E-state index contributed by atoms with van der Waals surface area (Å²) < 4.78 is 0. The predicted octanol–water partition coefficient (Wildman–Crippen LogP) is 3.48. The van der Waals surface area contributed by atoms with E-state index in [1.165, 1.54) is 23.5 Å². The van der Waals surface area contributed by atoms with Gasteiger partial charge >= 0.3 is 0 Å². The molecule has 2 heteroatoms. The van der Waals surface area contributed by atoms with Crippen molar-refractivity contribution in [2.45, 2.75) is 26.3 Å². The molecule has 1 rings (SSSR count). The van der Waals surface area contributed by atoms with Crippen LogP contribution in [0.3, 0.4) is 0 Å². The molecule has 1 aromatic rings. The lowest BCUT2D eigenvalue weighted by molar-refractivity contribution is 0.572. The highest BCUT2D eigenvalue weighted by atomic mass is 32.2. The Morgan fingerprint density at radius 1 is 1.27 bits per heavy atom. The molecule has 0 aliphatic heterocycles. The molecule has 0 unspecified atom stereocenters. The fourth-order valence-corrected chi connectivity index (χ4v) is 2.13. The Morgan fingerprint density at radius 3 is 2.67 bits per heavy atom. The van der Waals surface area contributed by atoms with Crippen molar-refractivity contribution in [2.24, 2.45) is 0 Å². The quantitative estimate of drug-likeness (QED) is 0.710. The van der Waals surface area contributed by atoms with Gasteiger partial charge in [-0.25, -0.2) is 0 Å². The molecule has 0 saturated heterocycles. The van der Waals surface area contributed by atoms with E-state index in [-0.39, 0.29) is 0 Å². The van der Waals surface area contributed by atoms with Gasteiger partial charge in [0.2, 0.25) is 0 Å². The number of benzene rings is 1. The van der Waals surface area contributed by atoms with Crippen LogP contribution in [0.4, 0.5) is 0 Å². The van der Waals surface area contributed by atoms with Gasteiger partial charge in [-0.1, -0.05) is 37.3 Å². The highest BCUT2D eigenvalue weighted by Crippen LogP contribution is 2.11. The van der Waals surface area contributed by atoms with E-state index < -0.39 is 0 Å². The normalized spacial score (nSPS) is 12.7. The summed E-state index contributed by atoms with van der Waals surface area (Å²) in [5.41, 5.74) is 1.38. The average molecular weight is 223 g/mol. The van der Waals surface area contributed by atoms with Crippen molar-refractivity contribution in [3.05, 3.63) is 35.9 Å². The van der Waals surface area contributed by atoms with Crippen LogP contribution < -0.4 is 5.32 Å². The van der Waals surface area contributed by atoms with E-state index in [1.54, 1.807) is 0 Å². The SMILES string of the molecule is CCSCCCN[C@H](C)c1ccccc1. The fourth-order valence-electron chi connectivity index (χ4n) is 1.50. The summed E-state index contributed by atoms with van der Waals surface area (Å²) in [6, 6.07) is 11.1. The van der Waals surface area contributed by atoms with Crippen molar-refractivity contribution in [1.29, 1.82) is 0 Å². The molecule has 15 heavy (non-hydrogen) atoms. The first-order valence-corrected chi connectivity index (χ1v) is 6.86. The Bertz CT molecular complexity index is 248. The van der Waals surface area contributed by atoms with Crippen LogP contribution in [0.1, 0.15) is 31.9 Å². The molecular formula is C13H21NS. The molecule has 0 saturated carbocycles. The van der Waals surface area contributed by atoms with Gasteiger partial charge in [-0.2, -0.15) is 11.8 Å².